The molecule has 0 aliphatic heterocycles. The van der Waals surface area contributed by atoms with Crippen molar-refractivity contribution in [1.82, 2.24) is 10.3 Å². The summed E-state index contributed by atoms with van der Waals surface area (Å²) in [6.07, 6.45) is 2.36. The van der Waals surface area contributed by atoms with E-state index in [4.69, 9.17) is 14.2 Å². The van der Waals surface area contributed by atoms with Gasteiger partial charge in [-0.2, -0.15) is 0 Å². The fourth-order valence-electron chi connectivity index (χ4n) is 4.10. The Kier molecular flexibility index (Phi) is 9.65. The molecule has 186 valence electrons. The lowest BCUT2D eigenvalue weighted by atomic mass is 9.79. The van der Waals surface area contributed by atoms with Crippen LogP contribution in [0.25, 0.3) is 0 Å². The molecule has 2 rings (SSSR count). The van der Waals surface area contributed by atoms with E-state index in [-0.39, 0.29) is 23.3 Å². The number of aromatic nitrogens is 1. The predicted molar refractivity (Wildman–Crippen MR) is 125 cm³/mol. The van der Waals surface area contributed by atoms with Gasteiger partial charge in [-0.05, 0) is 25.8 Å². The van der Waals surface area contributed by atoms with Gasteiger partial charge in [0, 0.05) is 29.8 Å². The minimum Gasteiger partial charge on any atom is -0.503 e. The molecule has 0 saturated heterocycles. The number of aromatic hydroxyl groups is 1. The summed E-state index contributed by atoms with van der Waals surface area (Å²) in [5.41, 5.74) is 0.484. The molecule has 8 nitrogen and oxygen atoms in total. The first-order valence-electron chi connectivity index (χ1n) is 11.2. The number of hydrogen-bond acceptors (Lipinski definition) is 7. The van der Waals surface area contributed by atoms with Crippen molar-refractivity contribution in [3.8, 4) is 17.2 Å². The monoisotopic (exact) mass is 476 g/mol. The first kappa shape index (κ1) is 26.9. The number of benzene rings is 1. The van der Waals surface area contributed by atoms with E-state index in [9.17, 15) is 19.1 Å². The highest BCUT2D eigenvalue weighted by molar-refractivity contribution is 5.97. The van der Waals surface area contributed by atoms with Gasteiger partial charge in [-0.15, -0.1) is 0 Å². The minimum atomic E-state index is -1.01. The molecule has 1 aromatic heterocycles. The van der Waals surface area contributed by atoms with E-state index in [1.54, 1.807) is 13.0 Å². The first-order chi connectivity index (χ1) is 16.2. The molecule has 1 unspecified atom stereocenters. The van der Waals surface area contributed by atoms with Gasteiger partial charge in [0.05, 0.1) is 14.2 Å². The van der Waals surface area contributed by atoms with Gasteiger partial charge in [0.15, 0.2) is 17.2 Å². The van der Waals surface area contributed by atoms with Crippen LogP contribution in [0, 0.1) is 11.7 Å². The quantitative estimate of drug-likeness (QED) is 0.468. The van der Waals surface area contributed by atoms with Crippen LogP contribution in [0.5, 0.6) is 17.2 Å². The van der Waals surface area contributed by atoms with E-state index in [0.29, 0.717) is 5.75 Å². The highest BCUT2D eigenvalue weighted by atomic mass is 19.1. The second-order valence-electron chi connectivity index (χ2n) is 8.04. The van der Waals surface area contributed by atoms with Gasteiger partial charge >= 0.3 is 5.97 Å². The topological polar surface area (TPSA) is 107 Å². The van der Waals surface area contributed by atoms with E-state index in [1.807, 2.05) is 13.8 Å². The number of ether oxygens (including phenoxy) is 3. The minimum absolute atomic E-state index is 0.0882. The Morgan fingerprint density at radius 2 is 1.74 bits per heavy atom. The van der Waals surface area contributed by atoms with Crippen LogP contribution in [0.2, 0.25) is 0 Å². The van der Waals surface area contributed by atoms with Crippen LogP contribution in [0.1, 0.15) is 62.5 Å². The lowest BCUT2D eigenvalue weighted by Crippen LogP contribution is -2.42. The number of pyridine rings is 1. The van der Waals surface area contributed by atoms with Crippen molar-refractivity contribution in [2.24, 2.45) is 5.92 Å². The van der Waals surface area contributed by atoms with Gasteiger partial charge in [-0.25, -0.2) is 14.2 Å². The Bertz CT molecular complexity index is 995. The van der Waals surface area contributed by atoms with Gasteiger partial charge in [0.2, 0.25) is 0 Å². The molecular weight excluding hydrogens is 443 g/mol. The van der Waals surface area contributed by atoms with Crippen LogP contribution in [0.3, 0.4) is 0 Å². The van der Waals surface area contributed by atoms with Crippen LogP contribution in [0.4, 0.5) is 4.39 Å². The average Bonchev–Trinajstić information content (AvgIpc) is 2.82. The summed E-state index contributed by atoms with van der Waals surface area (Å²) in [7, 11) is 2.82. The molecule has 3 atom stereocenters. The maximum atomic E-state index is 13.8. The molecule has 0 aliphatic carbocycles. The Labute approximate surface area is 199 Å². The van der Waals surface area contributed by atoms with Gasteiger partial charge in [0.25, 0.3) is 5.91 Å². The van der Waals surface area contributed by atoms with Crippen molar-refractivity contribution in [3.63, 3.8) is 0 Å². The summed E-state index contributed by atoms with van der Waals surface area (Å²) in [6, 6.07) is 4.73. The summed E-state index contributed by atoms with van der Waals surface area (Å²) >= 11 is 0. The molecule has 0 spiro atoms. The SMILES string of the molecule is CCC(CC)C(c1ccc(F)cc1OC)[C@H](C)OC(=O)[C@H](C)NC(=O)c1nccc(OC)c1O. The summed E-state index contributed by atoms with van der Waals surface area (Å²) in [5.74, 6) is -1.86. The zero-order chi connectivity index (χ0) is 25.4. The van der Waals surface area contributed by atoms with Crippen LogP contribution in [0.15, 0.2) is 30.5 Å². The predicted octanol–water partition coefficient (Wildman–Crippen LogP) is 4.21. The van der Waals surface area contributed by atoms with Crippen molar-refractivity contribution < 1.29 is 33.3 Å². The van der Waals surface area contributed by atoms with Crippen molar-refractivity contribution in [2.45, 2.75) is 58.6 Å². The van der Waals surface area contributed by atoms with E-state index < -0.39 is 35.6 Å². The molecule has 0 fully saturated rings. The molecule has 1 amide bonds. The molecule has 9 heteroatoms. The van der Waals surface area contributed by atoms with Crippen LogP contribution < -0.4 is 14.8 Å². The first-order valence-corrected chi connectivity index (χ1v) is 11.2. The summed E-state index contributed by atoms with van der Waals surface area (Å²) in [4.78, 5) is 29.3. The lowest BCUT2D eigenvalue weighted by molar-refractivity contribution is -0.152. The fourth-order valence-corrected chi connectivity index (χ4v) is 4.10. The highest BCUT2D eigenvalue weighted by Gasteiger charge is 2.33. The zero-order valence-electron chi connectivity index (χ0n) is 20.4. The van der Waals surface area contributed by atoms with Crippen molar-refractivity contribution >= 4 is 11.9 Å². The summed E-state index contributed by atoms with van der Waals surface area (Å²) in [6.45, 7) is 7.34. The number of esters is 1. The summed E-state index contributed by atoms with van der Waals surface area (Å²) < 4.78 is 29.9. The second-order valence-corrected chi connectivity index (χ2v) is 8.04. The third-order valence-electron chi connectivity index (χ3n) is 5.94. The van der Waals surface area contributed by atoms with Gasteiger partial charge < -0.3 is 24.6 Å². The van der Waals surface area contributed by atoms with Crippen LogP contribution in [-0.4, -0.2) is 48.3 Å². The third-order valence-corrected chi connectivity index (χ3v) is 5.94. The maximum Gasteiger partial charge on any atom is 0.328 e. The molecule has 2 N–H and O–H groups in total. The Hall–Kier alpha value is -3.36. The molecule has 2 aromatic rings. The molecule has 0 aliphatic rings. The second kappa shape index (κ2) is 12.2. The van der Waals surface area contributed by atoms with Crippen molar-refractivity contribution in [3.05, 3.63) is 47.5 Å². The normalized spacial score (nSPS) is 13.6. The molecule has 34 heavy (non-hydrogen) atoms. The number of carbonyl (C=O) groups is 2. The highest BCUT2D eigenvalue weighted by Crippen LogP contribution is 2.39. The Morgan fingerprint density at radius 1 is 1.09 bits per heavy atom. The number of rotatable bonds is 11. The Morgan fingerprint density at radius 3 is 2.32 bits per heavy atom. The summed E-state index contributed by atoms with van der Waals surface area (Å²) in [5, 5.41) is 12.6. The molecular formula is C25H33FN2O6. The molecule has 0 bridgehead atoms. The van der Waals surface area contributed by atoms with Crippen LogP contribution >= 0.6 is 0 Å². The Balaban J connectivity index is 2.21. The number of carbonyl (C=O) groups excluding carboxylic acids is 2. The van der Waals surface area contributed by atoms with E-state index in [0.717, 1.165) is 18.4 Å². The zero-order valence-corrected chi connectivity index (χ0v) is 20.4. The molecule has 1 aromatic carbocycles. The molecule has 0 radical (unpaired) electrons. The maximum absolute atomic E-state index is 13.8. The van der Waals surface area contributed by atoms with E-state index in [2.05, 4.69) is 10.3 Å². The van der Waals surface area contributed by atoms with Gasteiger partial charge in [0.1, 0.15) is 23.7 Å². The van der Waals surface area contributed by atoms with Crippen molar-refractivity contribution in [1.29, 1.82) is 0 Å². The third kappa shape index (κ3) is 6.15. The number of amides is 1. The molecule has 1 heterocycles. The smallest absolute Gasteiger partial charge is 0.328 e. The van der Waals surface area contributed by atoms with E-state index >= 15 is 0 Å². The molecule has 0 saturated carbocycles. The van der Waals surface area contributed by atoms with Gasteiger partial charge in [-0.3, -0.25) is 4.79 Å². The van der Waals surface area contributed by atoms with E-state index in [1.165, 1.54) is 45.5 Å². The number of halogens is 1. The van der Waals surface area contributed by atoms with Gasteiger partial charge in [-0.1, -0.05) is 32.8 Å². The van der Waals surface area contributed by atoms with Crippen LogP contribution in [-0.2, 0) is 9.53 Å². The fraction of sp³-hybridized carbons (Fsp3) is 0.480. The standard InChI is InChI=1S/C25H33FN2O6/c1-7-16(8-2)21(18-10-9-17(26)13-20(18)33-6)15(4)34-25(31)14(3)28-24(30)22-23(29)19(32-5)11-12-27-22/h9-16,21,29H,7-8H2,1-6H3,(H,28,30)/t14-,15-,21?/m0/s1. The lowest BCUT2D eigenvalue weighted by Gasteiger charge is -2.32. The number of nitrogens with one attached hydrogen (secondary N) is 1. The average molecular weight is 477 g/mol. The number of hydrogen-bond donors (Lipinski definition) is 2. The number of nitrogens with zero attached hydrogens (tertiary/aromatic N) is 1. The van der Waals surface area contributed by atoms with Crippen molar-refractivity contribution in [2.75, 3.05) is 14.2 Å². The largest absolute Gasteiger partial charge is 0.503 e. The number of methoxy groups -OCH3 is 2.